The molecule has 0 saturated carbocycles. The summed E-state index contributed by atoms with van der Waals surface area (Å²) in [7, 11) is 0. The molecule has 0 bridgehead atoms. The van der Waals surface area contributed by atoms with Crippen LogP contribution in [0.5, 0.6) is 0 Å². The molecule has 0 radical (unpaired) electrons. The Hall–Kier alpha value is -1.16. The van der Waals surface area contributed by atoms with Gasteiger partial charge in [0, 0.05) is 24.7 Å². The van der Waals surface area contributed by atoms with Crippen LogP contribution in [0.15, 0.2) is 12.3 Å². The second kappa shape index (κ2) is 8.20. The van der Waals surface area contributed by atoms with Crippen molar-refractivity contribution < 1.29 is 4.39 Å². The van der Waals surface area contributed by atoms with Crippen molar-refractivity contribution in [2.45, 2.75) is 53.6 Å². The van der Waals surface area contributed by atoms with E-state index < -0.39 is 0 Å². The van der Waals surface area contributed by atoms with Gasteiger partial charge in [-0.3, -0.25) is 0 Å². The van der Waals surface area contributed by atoms with Gasteiger partial charge in [0.05, 0.1) is 6.20 Å². The van der Waals surface area contributed by atoms with Crippen molar-refractivity contribution in [2.75, 3.05) is 18.0 Å². The van der Waals surface area contributed by atoms with E-state index in [-0.39, 0.29) is 5.82 Å². The Labute approximate surface area is 122 Å². The standard InChI is InChI=1S/C16H28FN3/c1-6-7-20(13(4)5)16-14(8-15(17)11-19-16)10-18-9-12(2)3/h8,11-13,18H,6-7,9-10H2,1-5H3. The van der Waals surface area contributed by atoms with Gasteiger partial charge in [-0.05, 0) is 38.8 Å². The number of hydrogen-bond donors (Lipinski definition) is 1. The number of nitrogens with one attached hydrogen (secondary N) is 1. The fourth-order valence-electron chi connectivity index (χ4n) is 2.21. The first kappa shape index (κ1) is 16.9. The SMILES string of the molecule is CCCN(c1ncc(F)cc1CNCC(C)C)C(C)C. The normalized spacial score (nSPS) is 11.4. The molecule has 0 spiro atoms. The van der Waals surface area contributed by atoms with Crippen molar-refractivity contribution in [3.8, 4) is 0 Å². The zero-order valence-electron chi connectivity index (χ0n) is 13.4. The first-order chi connectivity index (χ1) is 9.45. The molecule has 4 heteroatoms. The summed E-state index contributed by atoms with van der Waals surface area (Å²) in [5.41, 5.74) is 0.938. The molecule has 114 valence electrons. The van der Waals surface area contributed by atoms with Gasteiger partial charge < -0.3 is 10.2 Å². The molecule has 0 saturated heterocycles. The second-order valence-electron chi connectivity index (χ2n) is 5.95. The maximum atomic E-state index is 13.5. The van der Waals surface area contributed by atoms with Crippen LogP contribution in [0.2, 0.25) is 0 Å². The molecule has 0 aliphatic carbocycles. The Kier molecular flexibility index (Phi) is 6.93. The van der Waals surface area contributed by atoms with Crippen molar-refractivity contribution in [1.82, 2.24) is 10.3 Å². The number of rotatable bonds is 8. The third kappa shape index (κ3) is 5.08. The zero-order chi connectivity index (χ0) is 15.1. The first-order valence-corrected chi connectivity index (χ1v) is 7.57. The molecule has 0 amide bonds. The summed E-state index contributed by atoms with van der Waals surface area (Å²) >= 11 is 0. The van der Waals surface area contributed by atoms with Crippen LogP contribution in [0.4, 0.5) is 10.2 Å². The number of hydrogen-bond acceptors (Lipinski definition) is 3. The van der Waals surface area contributed by atoms with Gasteiger partial charge in [0.15, 0.2) is 0 Å². The monoisotopic (exact) mass is 281 g/mol. The summed E-state index contributed by atoms with van der Waals surface area (Å²) in [5, 5.41) is 3.37. The highest BCUT2D eigenvalue weighted by Crippen LogP contribution is 2.21. The van der Waals surface area contributed by atoms with Crippen LogP contribution in [0.25, 0.3) is 0 Å². The summed E-state index contributed by atoms with van der Waals surface area (Å²) in [4.78, 5) is 6.57. The van der Waals surface area contributed by atoms with Crippen molar-refractivity contribution in [2.24, 2.45) is 5.92 Å². The molecule has 1 rings (SSSR count). The van der Waals surface area contributed by atoms with E-state index in [4.69, 9.17) is 0 Å². The summed E-state index contributed by atoms with van der Waals surface area (Å²) in [5.74, 6) is 1.21. The van der Waals surface area contributed by atoms with Gasteiger partial charge in [0.2, 0.25) is 0 Å². The van der Waals surface area contributed by atoms with Crippen molar-refractivity contribution in [3.05, 3.63) is 23.6 Å². The molecule has 0 atom stereocenters. The van der Waals surface area contributed by atoms with Crippen LogP contribution in [0.1, 0.15) is 46.6 Å². The number of pyridine rings is 1. The third-order valence-corrected chi connectivity index (χ3v) is 3.14. The minimum absolute atomic E-state index is 0.268. The van der Waals surface area contributed by atoms with E-state index in [0.717, 1.165) is 30.9 Å². The highest BCUT2D eigenvalue weighted by atomic mass is 19.1. The molecule has 0 aliphatic heterocycles. The summed E-state index contributed by atoms with van der Waals surface area (Å²) in [6.45, 7) is 13.3. The average Bonchev–Trinajstić information content (AvgIpc) is 2.36. The van der Waals surface area contributed by atoms with Crippen LogP contribution >= 0.6 is 0 Å². The van der Waals surface area contributed by atoms with Gasteiger partial charge >= 0.3 is 0 Å². The Balaban J connectivity index is 2.92. The van der Waals surface area contributed by atoms with Gasteiger partial charge in [-0.25, -0.2) is 9.37 Å². The highest BCUT2D eigenvalue weighted by Gasteiger charge is 2.16. The minimum atomic E-state index is -0.268. The number of aromatic nitrogens is 1. The van der Waals surface area contributed by atoms with Gasteiger partial charge in [-0.2, -0.15) is 0 Å². The lowest BCUT2D eigenvalue weighted by Crippen LogP contribution is -2.34. The van der Waals surface area contributed by atoms with Crippen molar-refractivity contribution in [1.29, 1.82) is 0 Å². The van der Waals surface area contributed by atoms with Crippen LogP contribution in [-0.2, 0) is 6.54 Å². The third-order valence-electron chi connectivity index (χ3n) is 3.14. The number of halogens is 1. The predicted molar refractivity (Wildman–Crippen MR) is 83.5 cm³/mol. The topological polar surface area (TPSA) is 28.2 Å². The van der Waals surface area contributed by atoms with Crippen molar-refractivity contribution >= 4 is 5.82 Å². The largest absolute Gasteiger partial charge is 0.354 e. The summed E-state index contributed by atoms with van der Waals surface area (Å²) in [6, 6.07) is 1.96. The van der Waals surface area contributed by atoms with Gasteiger partial charge in [0.1, 0.15) is 11.6 Å². The van der Waals surface area contributed by atoms with E-state index >= 15 is 0 Å². The molecule has 3 nitrogen and oxygen atoms in total. The Morgan fingerprint density at radius 2 is 2.00 bits per heavy atom. The quantitative estimate of drug-likeness (QED) is 0.789. The predicted octanol–water partition coefficient (Wildman–Crippen LogP) is 3.59. The molecular weight excluding hydrogens is 253 g/mol. The fraction of sp³-hybridized carbons (Fsp3) is 0.688. The van der Waals surface area contributed by atoms with Crippen LogP contribution < -0.4 is 10.2 Å². The second-order valence-corrected chi connectivity index (χ2v) is 5.95. The lowest BCUT2D eigenvalue weighted by molar-refractivity contribution is 0.546. The Bertz CT molecular complexity index is 405. The fourth-order valence-corrected chi connectivity index (χ4v) is 2.21. The Morgan fingerprint density at radius 1 is 1.30 bits per heavy atom. The molecule has 1 aromatic heterocycles. The maximum absolute atomic E-state index is 13.5. The zero-order valence-corrected chi connectivity index (χ0v) is 13.4. The maximum Gasteiger partial charge on any atom is 0.141 e. The minimum Gasteiger partial charge on any atom is -0.354 e. The molecule has 0 aromatic carbocycles. The van der Waals surface area contributed by atoms with Crippen LogP contribution in [0.3, 0.4) is 0 Å². The van der Waals surface area contributed by atoms with E-state index in [9.17, 15) is 4.39 Å². The molecule has 20 heavy (non-hydrogen) atoms. The molecule has 0 unspecified atom stereocenters. The van der Waals surface area contributed by atoms with E-state index in [1.165, 1.54) is 6.20 Å². The van der Waals surface area contributed by atoms with Gasteiger partial charge in [-0.15, -0.1) is 0 Å². The van der Waals surface area contributed by atoms with E-state index in [1.807, 2.05) is 0 Å². The highest BCUT2D eigenvalue weighted by molar-refractivity contribution is 5.47. The average molecular weight is 281 g/mol. The van der Waals surface area contributed by atoms with E-state index in [1.54, 1.807) is 6.07 Å². The smallest absolute Gasteiger partial charge is 0.141 e. The Morgan fingerprint density at radius 3 is 2.55 bits per heavy atom. The molecule has 1 heterocycles. The van der Waals surface area contributed by atoms with Crippen LogP contribution in [0, 0.1) is 11.7 Å². The lowest BCUT2D eigenvalue weighted by Gasteiger charge is -2.29. The summed E-state index contributed by atoms with van der Waals surface area (Å²) < 4.78 is 13.5. The number of anilines is 1. The molecule has 1 aromatic rings. The van der Waals surface area contributed by atoms with Crippen molar-refractivity contribution in [3.63, 3.8) is 0 Å². The molecular formula is C16H28FN3. The molecule has 0 aliphatic rings. The summed E-state index contributed by atoms with van der Waals surface area (Å²) in [6.07, 6.45) is 2.36. The molecule has 0 fully saturated rings. The first-order valence-electron chi connectivity index (χ1n) is 7.57. The van der Waals surface area contributed by atoms with Gasteiger partial charge in [-0.1, -0.05) is 20.8 Å². The van der Waals surface area contributed by atoms with Gasteiger partial charge in [0.25, 0.3) is 0 Å². The molecule has 1 N–H and O–H groups in total. The van der Waals surface area contributed by atoms with Crippen LogP contribution in [-0.4, -0.2) is 24.1 Å². The number of nitrogens with zero attached hydrogens (tertiary/aromatic N) is 2. The van der Waals surface area contributed by atoms with E-state index in [2.05, 4.69) is 49.8 Å². The lowest BCUT2D eigenvalue weighted by atomic mass is 10.1. The van der Waals surface area contributed by atoms with E-state index in [0.29, 0.717) is 18.5 Å².